The lowest BCUT2D eigenvalue weighted by atomic mass is 10.1. The summed E-state index contributed by atoms with van der Waals surface area (Å²) in [6, 6.07) is 10.1. The number of anilines is 2. The molecule has 0 bridgehead atoms. The van der Waals surface area contributed by atoms with E-state index in [9.17, 15) is 26.4 Å². The first kappa shape index (κ1) is 24.4. The van der Waals surface area contributed by atoms with Crippen LogP contribution in [0.25, 0.3) is 0 Å². The van der Waals surface area contributed by atoms with E-state index in [1.807, 2.05) is 6.92 Å². The summed E-state index contributed by atoms with van der Waals surface area (Å²) in [5.74, 6) is -0.361. The van der Waals surface area contributed by atoms with E-state index in [0.717, 1.165) is 32.7 Å². The second-order valence-electron chi connectivity index (χ2n) is 7.62. The minimum absolute atomic E-state index is 0.284. The first-order valence-electron chi connectivity index (χ1n) is 9.80. The molecule has 0 atom stereocenters. The normalized spacial score (nSPS) is 15.1. The fraction of sp³-hybridized carbons (Fsp3) is 0.381. The topological polar surface area (TPSA) is 60.9 Å². The van der Waals surface area contributed by atoms with Crippen molar-refractivity contribution in [3.63, 3.8) is 0 Å². The van der Waals surface area contributed by atoms with Gasteiger partial charge in [0, 0.05) is 36.3 Å². The molecule has 2 aromatic rings. The lowest BCUT2D eigenvalue weighted by molar-refractivity contribution is -0.137. The highest BCUT2D eigenvalue weighted by Crippen LogP contribution is 2.32. The number of alkyl halides is 3. The number of aryl methyl sites for hydroxylation is 1. The predicted molar refractivity (Wildman–Crippen MR) is 121 cm³/mol. The Morgan fingerprint density at radius 1 is 1.09 bits per heavy atom. The molecule has 0 unspecified atom stereocenters. The van der Waals surface area contributed by atoms with Gasteiger partial charge >= 0.3 is 6.18 Å². The summed E-state index contributed by atoms with van der Waals surface area (Å²) in [7, 11) is -3.70. The second-order valence-corrected chi connectivity index (χ2v) is 10.4. The van der Waals surface area contributed by atoms with Crippen LogP contribution in [0.3, 0.4) is 0 Å². The van der Waals surface area contributed by atoms with Crippen LogP contribution in [0, 0.1) is 6.92 Å². The standard InChI is InChI=1S/C21H23BrF3N3O3S/c1-15-12-18(6-7-19(15)22)28(32(2,30)31)14-20(29)27-10-8-26(9-11-27)17-5-3-4-16(13-17)21(23,24)25/h3-7,12-13H,8-11,14H2,1-2H3. The average molecular weight is 534 g/mol. The second kappa shape index (κ2) is 9.30. The lowest BCUT2D eigenvalue weighted by Crippen LogP contribution is -2.52. The van der Waals surface area contributed by atoms with Gasteiger partial charge < -0.3 is 9.80 Å². The molecule has 2 aromatic carbocycles. The van der Waals surface area contributed by atoms with Gasteiger partial charge in [-0.1, -0.05) is 22.0 Å². The molecular weight excluding hydrogens is 511 g/mol. The molecule has 1 aliphatic heterocycles. The summed E-state index contributed by atoms with van der Waals surface area (Å²) < 4.78 is 65.5. The monoisotopic (exact) mass is 533 g/mol. The first-order chi connectivity index (χ1) is 14.9. The van der Waals surface area contributed by atoms with Crippen molar-refractivity contribution in [1.29, 1.82) is 0 Å². The number of piperazine rings is 1. The van der Waals surface area contributed by atoms with Gasteiger partial charge in [-0.2, -0.15) is 13.2 Å². The van der Waals surface area contributed by atoms with E-state index in [4.69, 9.17) is 0 Å². The van der Waals surface area contributed by atoms with Crippen molar-refractivity contribution in [3.8, 4) is 0 Å². The number of rotatable bonds is 5. The van der Waals surface area contributed by atoms with Gasteiger partial charge in [-0.15, -0.1) is 0 Å². The first-order valence-corrected chi connectivity index (χ1v) is 12.4. The van der Waals surface area contributed by atoms with E-state index in [1.54, 1.807) is 29.2 Å². The van der Waals surface area contributed by atoms with Crippen molar-refractivity contribution < 1.29 is 26.4 Å². The zero-order valence-electron chi connectivity index (χ0n) is 17.6. The largest absolute Gasteiger partial charge is 0.416 e. The molecule has 1 heterocycles. The molecule has 0 spiro atoms. The van der Waals surface area contributed by atoms with Gasteiger partial charge in [-0.05, 0) is 48.9 Å². The maximum Gasteiger partial charge on any atom is 0.416 e. The van der Waals surface area contributed by atoms with Crippen LogP contribution in [0.15, 0.2) is 46.9 Å². The Kier molecular flexibility index (Phi) is 7.09. The van der Waals surface area contributed by atoms with Crippen LogP contribution in [-0.2, 0) is 21.0 Å². The van der Waals surface area contributed by atoms with Gasteiger partial charge in [-0.3, -0.25) is 9.10 Å². The van der Waals surface area contributed by atoms with Gasteiger partial charge in [0.15, 0.2) is 0 Å². The Labute approximate surface area is 193 Å². The summed E-state index contributed by atoms with van der Waals surface area (Å²) in [4.78, 5) is 16.2. The highest BCUT2D eigenvalue weighted by atomic mass is 79.9. The summed E-state index contributed by atoms with van der Waals surface area (Å²) in [5.41, 5.74) is 0.944. The van der Waals surface area contributed by atoms with E-state index >= 15 is 0 Å². The zero-order chi connectivity index (χ0) is 23.7. The van der Waals surface area contributed by atoms with Gasteiger partial charge in [0.1, 0.15) is 6.54 Å². The summed E-state index contributed by atoms with van der Waals surface area (Å²) >= 11 is 3.37. The van der Waals surface area contributed by atoms with E-state index in [1.165, 1.54) is 11.0 Å². The molecule has 1 saturated heterocycles. The Hall–Kier alpha value is -2.27. The van der Waals surface area contributed by atoms with Crippen LogP contribution >= 0.6 is 15.9 Å². The van der Waals surface area contributed by atoms with Crippen molar-refractivity contribution in [3.05, 3.63) is 58.1 Å². The molecule has 0 saturated carbocycles. The molecule has 11 heteroatoms. The van der Waals surface area contributed by atoms with Gasteiger partial charge in [0.2, 0.25) is 15.9 Å². The van der Waals surface area contributed by atoms with Crippen LogP contribution in [0.4, 0.5) is 24.5 Å². The van der Waals surface area contributed by atoms with E-state index < -0.39 is 21.8 Å². The SMILES string of the molecule is Cc1cc(N(CC(=O)N2CCN(c3cccc(C(F)(F)F)c3)CC2)S(C)(=O)=O)ccc1Br. The van der Waals surface area contributed by atoms with Crippen LogP contribution in [0.1, 0.15) is 11.1 Å². The summed E-state index contributed by atoms with van der Waals surface area (Å²) in [6.45, 7) is 2.75. The fourth-order valence-electron chi connectivity index (χ4n) is 3.50. The number of sulfonamides is 1. The average Bonchev–Trinajstić information content (AvgIpc) is 2.73. The van der Waals surface area contributed by atoms with Crippen molar-refractivity contribution in [2.24, 2.45) is 0 Å². The molecule has 0 aromatic heterocycles. The molecule has 0 N–H and O–H groups in total. The maximum absolute atomic E-state index is 13.0. The number of amides is 1. The number of hydrogen-bond acceptors (Lipinski definition) is 4. The van der Waals surface area contributed by atoms with Crippen LogP contribution in [0.5, 0.6) is 0 Å². The summed E-state index contributed by atoms with van der Waals surface area (Å²) in [6.07, 6.45) is -3.38. The van der Waals surface area contributed by atoms with Gasteiger partial charge in [0.05, 0.1) is 17.5 Å². The number of benzene rings is 2. The minimum Gasteiger partial charge on any atom is -0.368 e. The fourth-order valence-corrected chi connectivity index (χ4v) is 4.59. The van der Waals surface area contributed by atoms with Gasteiger partial charge in [-0.25, -0.2) is 8.42 Å². The third kappa shape index (κ3) is 5.74. The molecule has 0 aliphatic carbocycles. The van der Waals surface area contributed by atoms with Crippen molar-refractivity contribution in [2.75, 3.05) is 48.2 Å². The molecule has 1 fully saturated rings. The Balaban J connectivity index is 1.68. The minimum atomic E-state index is -4.42. The van der Waals surface area contributed by atoms with Crippen molar-refractivity contribution in [2.45, 2.75) is 13.1 Å². The third-order valence-corrected chi connectivity index (χ3v) is 7.31. The van der Waals surface area contributed by atoms with E-state index in [-0.39, 0.29) is 25.5 Å². The zero-order valence-corrected chi connectivity index (χ0v) is 20.0. The molecule has 1 amide bonds. The van der Waals surface area contributed by atoms with Crippen LogP contribution < -0.4 is 9.21 Å². The van der Waals surface area contributed by atoms with Crippen LogP contribution in [-0.4, -0.2) is 58.2 Å². The third-order valence-electron chi connectivity index (χ3n) is 5.28. The molecule has 3 rings (SSSR count). The summed E-state index contributed by atoms with van der Waals surface area (Å²) in [5, 5.41) is 0. The van der Waals surface area contributed by atoms with Crippen molar-refractivity contribution in [1.82, 2.24) is 4.90 Å². The smallest absolute Gasteiger partial charge is 0.368 e. The number of hydrogen-bond donors (Lipinski definition) is 0. The molecular formula is C21H23BrF3N3O3S. The molecule has 0 radical (unpaired) electrons. The highest BCUT2D eigenvalue weighted by molar-refractivity contribution is 9.10. The van der Waals surface area contributed by atoms with Crippen molar-refractivity contribution >= 4 is 43.2 Å². The molecule has 1 aliphatic rings. The number of nitrogens with zero attached hydrogens (tertiary/aromatic N) is 3. The Bertz CT molecular complexity index is 1100. The predicted octanol–water partition coefficient (Wildman–Crippen LogP) is 3.89. The lowest BCUT2D eigenvalue weighted by Gasteiger charge is -2.37. The number of halogens is 4. The van der Waals surface area contributed by atoms with Crippen LogP contribution in [0.2, 0.25) is 0 Å². The quantitative estimate of drug-likeness (QED) is 0.585. The molecule has 174 valence electrons. The molecule has 6 nitrogen and oxygen atoms in total. The number of carbonyl (C=O) groups is 1. The Morgan fingerprint density at radius 3 is 2.31 bits per heavy atom. The Morgan fingerprint density at radius 2 is 1.75 bits per heavy atom. The van der Waals surface area contributed by atoms with E-state index in [0.29, 0.717) is 24.5 Å². The molecule has 32 heavy (non-hydrogen) atoms. The highest BCUT2D eigenvalue weighted by Gasteiger charge is 2.31. The van der Waals surface area contributed by atoms with Gasteiger partial charge in [0.25, 0.3) is 0 Å². The van der Waals surface area contributed by atoms with E-state index in [2.05, 4.69) is 15.9 Å². The maximum atomic E-state index is 13.0. The number of carbonyl (C=O) groups excluding carboxylic acids is 1.